The second-order valence-electron chi connectivity index (χ2n) is 9.11. The first kappa shape index (κ1) is 24.6. The highest BCUT2D eigenvalue weighted by Crippen LogP contribution is 2.69. The van der Waals surface area contributed by atoms with Crippen LogP contribution in [0.15, 0.2) is 140 Å². The van der Waals surface area contributed by atoms with E-state index >= 15 is 4.57 Å². The van der Waals surface area contributed by atoms with Gasteiger partial charge in [0.1, 0.15) is 11.5 Å². The molecular formula is C33H29O3P. The zero-order chi connectivity index (χ0) is 25.7. The normalized spacial score (nSPS) is 11.6. The molecule has 0 saturated heterocycles. The average Bonchev–Trinajstić information content (AvgIpc) is 2.94. The Hall–Kier alpha value is -4.07. The molecule has 0 atom stereocenters. The maximum Gasteiger partial charge on any atom is 0.450 e. The molecule has 0 aliphatic carbocycles. The molecule has 0 aromatic heterocycles. The first-order chi connectivity index (χ1) is 18.0. The maximum atomic E-state index is 15.7. The van der Waals surface area contributed by atoms with Crippen molar-refractivity contribution in [2.45, 2.75) is 19.0 Å². The van der Waals surface area contributed by atoms with E-state index in [0.717, 1.165) is 27.8 Å². The molecule has 37 heavy (non-hydrogen) atoms. The molecule has 4 heteroatoms. The predicted molar refractivity (Wildman–Crippen MR) is 150 cm³/mol. The number of rotatable bonds is 8. The van der Waals surface area contributed by atoms with Crippen LogP contribution in [-0.4, -0.2) is 0 Å². The van der Waals surface area contributed by atoms with Gasteiger partial charge in [-0.05, 0) is 54.8 Å². The number of benzene rings is 5. The van der Waals surface area contributed by atoms with Gasteiger partial charge in [0.15, 0.2) is 5.16 Å². The quantitative estimate of drug-likeness (QED) is 0.156. The monoisotopic (exact) mass is 504 g/mol. The lowest BCUT2D eigenvalue weighted by atomic mass is 9.84. The lowest BCUT2D eigenvalue weighted by Crippen LogP contribution is -2.33. The molecular weight excluding hydrogens is 475 g/mol. The molecule has 5 aromatic carbocycles. The largest absolute Gasteiger partial charge is 0.450 e. The third kappa shape index (κ3) is 4.83. The van der Waals surface area contributed by atoms with Crippen LogP contribution in [0.1, 0.15) is 27.8 Å². The minimum atomic E-state index is -4.10. The van der Waals surface area contributed by atoms with E-state index in [1.54, 1.807) is 0 Å². The molecule has 5 rings (SSSR count). The van der Waals surface area contributed by atoms with Gasteiger partial charge in [-0.1, -0.05) is 126 Å². The highest BCUT2D eigenvalue weighted by atomic mass is 31.2. The lowest BCUT2D eigenvalue weighted by Gasteiger charge is -2.40. The molecule has 0 saturated carbocycles. The summed E-state index contributed by atoms with van der Waals surface area (Å²) in [4.78, 5) is 0. The van der Waals surface area contributed by atoms with E-state index in [4.69, 9.17) is 9.05 Å². The summed E-state index contributed by atoms with van der Waals surface area (Å²) in [7, 11) is -4.10. The minimum absolute atomic E-state index is 0.480. The van der Waals surface area contributed by atoms with E-state index in [0.29, 0.717) is 11.5 Å². The maximum absolute atomic E-state index is 15.7. The molecule has 0 fully saturated rings. The molecule has 3 nitrogen and oxygen atoms in total. The van der Waals surface area contributed by atoms with Crippen LogP contribution < -0.4 is 9.05 Å². The van der Waals surface area contributed by atoms with E-state index in [1.165, 1.54) is 0 Å². The van der Waals surface area contributed by atoms with Crippen LogP contribution in [0.3, 0.4) is 0 Å². The molecule has 0 N–H and O–H groups in total. The second kappa shape index (κ2) is 10.5. The Kier molecular flexibility index (Phi) is 6.99. The van der Waals surface area contributed by atoms with Crippen molar-refractivity contribution in [2.75, 3.05) is 0 Å². The molecule has 0 spiro atoms. The van der Waals surface area contributed by atoms with Crippen molar-refractivity contribution in [3.05, 3.63) is 167 Å². The van der Waals surface area contributed by atoms with Gasteiger partial charge in [0, 0.05) is 0 Å². The van der Waals surface area contributed by atoms with Gasteiger partial charge in [-0.2, -0.15) is 0 Å². The third-order valence-electron chi connectivity index (χ3n) is 6.48. The van der Waals surface area contributed by atoms with Gasteiger partial charge < -0.3 is 9.05 Å². The number of aryl methyl sites for hydroxylation is 2. The molecule has 0 amide bonds. The Morgan fingerprint density at radius 3 is 1.05 bits per heavy atom. The zero-order valence-corrected chi connectivity index (χ0v) is 21.8. The van der Waals surface area contributed by atoms with Crippen molar-refractivity contribution in [3.8, 4) is 11.5 Å². The van der Waals surface area contributed by atoms with E-state index < -0.39 is 12.8 Å². The standard InChI is InChI=1S/C33H29O3P/c1-26-18-22-31(23-19-26)35-37(34,36-32-24-20-27(2)21-25-32)33(28-12-6-3-7-13-28,29-14-8-4-9-15-29)30-16-10-5-11-17-30/h3-25H,1-2H3. The fourth-order valence-electron chi connectivity index (χ4n) is 4.64. The highest BCUT2D eigenvalue weighted by molar-refractivity contribution is 7.56. The fourth-order valence-corrected chi connectivity index (χ4v) is 7.15. The Morgan fingerprint density at radius 2 is 0.757 bits per heavy atom. The van der Waals surface area contributed by atoms with Crippen LogP contribution in [0, 0.1) is 13.8 Å². The highest BCUT2D eigenvalue weighted by Gasteiger charge is 2.58. The Bertz CT molecular complexity index is 1330. The third-order valence-corrected chi connectivity index (χ3v) is 8.98. The van der Waals surface area contributed by atoms with Crippen LogP contribution in [-0.2, 0) is 9.72 Å². The van der Waals surface area contributed by atoms with Crippen molar-refractivity contribution >= 4 is 7.60 Å². The SMILES string of the molecule is Cc1ccc(OP(=O)(Oc2ccc(C)cc2)C(c2ccccc2)(c2ccccc2)c2ccccc2)cc1. The van der Waals surface area contributed by atoms with Crippen LogP contribution in [0.25, 0.3) is 0 Å². The van der Waals surface area contributed by atoms with Crippen LogP contribution >= 0.6 is 7.60 Å². The first-order valence-corrected chi connectivity index (χ1v) is 13.8. The molecule has 0 bridgehead atoms. The molecule has 184 valence electrons. The van der Waals surface area contributed by atoms with Gasteiger partial charge in [0.2, 0.25) is 0 Å². The van der Waals surface area contributed by atoms with Crippen molar-refractivity contribution in [2.24, 2.45) is 0 Å². The summed E-state index contributed by atoms with van der Waals surface area (Å²) < 4.78 is 28.8. The summed E-state index contributed by atoms with van der Waals surface area (Å²) in [6.07, 6.45) is 0. The number of hydrogen-bond acceptors (Lipinski definition) is 3. The number of hydrogen-bond donors (Lipinski definition) is 0. The first-order valence-electron chi connectivity index (χ1n) is 12.3. The van der Waals surface area contributed by atoms with Crippen LogP contribution in [0.5, 0.6) is 11.5 Å². The molecule has 0 heterocycles. The van der Waals surface area contributed by atoms with Gasteiger partial charge in [0.05, 0.1) is 0 Å². The van der Waals surface area contributed by atoms with Crippen molar-refractivity contribution in [3.63, 3.8) is 0 Å². The van der Waals surface area contributed by atoms with Gasteiger partial charge in [-0.25, -0.2) is 4.57 Å². The van der Waals surface area contributed by atoms with Gasteiger partial charge >= 0.3 is 7.60 Å². The minimum Gasteiger partial charge on any atom is -0.415 e. The summed E-state index contributed by atoms with van der Waals surface area (Å²) in [6, 6.07) is 44.7. The van der Waals surface area contributed by atoms with E-state index in [9.17, 15) is 0 Å². The molecule has 0 unspecified atom stereocenters. The van der Waals surface area contributed by atoms with Gasteiger partial charge in [0.25, 0.3) is 0 Å². The van der Waals surface area contributed by atoms with E-state index in [-0.39, 0.29) is 0 Å². The summed E-state index contributed by atoms with van der Waals surface area (Å²) in [5.41, 5.74) is 4.61. The predicted octanol–water partition coefficient (Wildman–Crippen LogP) is 8.95. The smallest absolute Gasteiger partial charge is 0.415 e. The Labute approximate surface area is 218 Å². The van der Waals surface area contributed by atoms with E-state index in [2.05, 4.69) is 0 Å². The van der Waals surface area contributed by atoms with Crippen molar-refractivity contribution in [1.82, 2.24) is 0 Å². The summed E-state index contributed by atoms with van der Waals surface area (Å²) in [5.74, 6) is 0.960. The molecule has 0 aliphatic heterocycles. The average molecular weight is 505 g/mol. The summed E-state index contributed by atoms with van der Waals surface area (Å²) >= 11 is 0. The molecule has 0 aliphatic rings. The molecule has 5 aromatic rings. The van der Waals surface area contributed by atoms with E-state index in [1.807, 2.05) is 153 Å². The Morgan fingerprint density at radius 1 is 0.459 bits per heavy atom. The van der Waals surface area contributed by atoms with Gasteiger partial charge in [-0.3, -0.25) is 0 Å². The van der Waals surface area contributed by atoms with Crippen LogP contribution in [0.2, 0.25) is 0 Å². The van der Waals surface area contributed by atoms with Crippen molar-refractivity contribution < 1.29 is 13.6 Å². The van der Waals surface area contributed by atoms with Gasteiger partial charge in [-0.15, -0.1) is 0 Å². The Balaban J connectivity index is 1.85. The van der Waals surface area contributed by atoms with Crippen LogP contribution in [0.4, 0.5) is 0 Å². The van der Waals surface area contributed by atoms with Crippen molar-refractivity contribution in [1.29, 1.82) is 0 Å². The summed E-state index contributed by atoms with van der Waals surface area (Å²) in [6.45, 7) is 4.02. The topological polar surface area (TPSA) is 35.5 Å². The fraction of sp³-hybridized carbons (Fsp3) is 0.0909. The molecule has 0 radical (unpaired) electrons. The second-order valence-corrected chi connectivity index (χ2v) is 11.1. The summed E-state index contributed by atoms with van der Waals surface area (Å²) in [5, 5.41) is -1.26. The lowest BCUT2D eigenvalue weighted by molar-refractivity contribution is 0.363. The zero-order valence-electron chi connectivity index (χ0n) is 21.0.